The standard InChI is InChI=1S/C14H12N2/c15-9-11-6-7-13(10-16)14(8-11)12-4-2-1-3-5-12/h2,4,6-8,12H,1,3,5H2. The van der Waals surface area contributed by atoms with Crippen molar-refractivity contribution in [2.75, 3.05) is 0 Å². The predicted molar refractivity (Wildman–Crippen MR) is 61.6 cm³/mol. The normalized spacial score (nSPS) is 18.8. The van der Waals surface area contributed by atoms with Crippen LogP contribution in [-0.2, 0) is 0 Å². The van der Waals surface area contributed by atoms with Crippen molar-refractivity contribution in [3.8, 4) is 12.1 Å². The molecule has 0 spiro atoms. The van der Waals surface area contributed by atoms with Crippen molar-refractivity contribution in [3.63, 3.8) is 0 Å². The summed E-state index contributed by atoms with van der Waals surface area (Å²) in [5.74, 6) is 0.302. The van der Waals surface area contributed by atoms with Gasteiger partial charge in [-0.1, -0.05) is 12.2 Å². The van der Waals surface area contributed by atoms with Gasteiger partial charge in [-0.25, -0.2) is 0 Å². The lowest BCUT2D eigenvalue weighted by Gasteiger charge is -2.17. The first-order chi connectivity index (χ1) is 7.85. The largest absolute Gasteiger partial charge is 0.192 e. The molecule has 0 amide bonds. The van der Waals surface area contributed by atoms with E-state index < -0.39 is 0 Å². The van der Waals surface area contributed by atoms with Crippen LogP contribution in [0, 0.1) is 22.7 Å². The monoisotopic (exact) mass is 208 g/mol. The molecule has 2 heteroatoms. The third-order valence-electron chi connectivity index (χ3n) is 2.95. The van der Waals surface area contributed by atoms with Crippen LogP contribution in [0.25, 0.3) is 0 Å². The van der Waals surface area contributed by atoms with Gasteiger partial charge in [-0.3, -0.25) is 0 Å². The molecular weight excluding hydrogens is 196 g/mol. The average molecular weight is 208 g/mol. The SMILES string of the molecule is N#Cc1ccc(C#N)c(C2C=CCCC2)c1. The molecule has 0 N–H and O–H groups in total. The van der Waals surface area contributed by atoms with Gasteiger partial charge in [0, 0.05) is 5.92 Å². The molecule has 16 heavy (non-hydrogen) atoms. The Bertz CT molecular complexity index is 500. The van der Waals surface area contributed by atoms with Gasteiger partial charge in [0.25, 0.3) is 0 Å². The summed E-state index contributed by atoms with van der Waals surface area (Å²) in [7, 11) is 0. The summed E-state index contributed by atoms with van der Waals surface area (Å²) in [6, 6.07) is 9.62. The molecule has 0 aromatic heterocycles. The van der Waals surface area contributed by atoms with Crippen LogP contribution in [0.3, 0.4) is 0 Å². The fourth-order valence-corrected chi connectivity index (χ4v) is 2.11. The Kier molecular flexibility index (Phi) is 3.03. The second-order valence-corrected chi connectivity index (χ2v) is 3.99. The third kappa shape index (κ3) is 1.97. The van der Waals surface area contributed by atoms with E-state index in [1.807, 2.05) is 6.07 Å². The van der Waals surface area contributed by atoms with Gasteiger partial charge in [0.15, 0.2) is 0 Å². The minimum Gasteiger partial charge on any atom is -0.192 e. The number of benzene rings is 1. The van der Waals surface area contributed by atoms with Crippen molar-refractivity contribution in [3.05, 3.63) is 47.0 Å². The van der Waals surface area contributed by atoms with Crippen LogP contribution in [0.4, 0.5) is 0 Å². The fourth-order valence-electron chi connectivity index (χ4n) is 2.11. The topological polar surface area (TPSA) is 47.6 Å². The Morgan fingerprint density at radius 3 is 2.69 bits per heavy atom. The predicted octanol–water partition coefficient (Wildman–Crippen LogP) is 3.25. The molecule has 2 rings (SSSR count). The minimum absolute atomic E-state index is 0.302. The highest BCUT2D eigenvalue weighted by Gasteiger charge is 2.15. The summed E-state index contributed by atoms with van der Waals surface area (Å²) in [5.41, 5.74) is 2.32. The summed E-state index contributed by atoms with van der Waals surface area (Å²) >= 11 is 0. The number of hydrogen-bond acceptors (Lipinski definition) is 2. The van der Waals surface area contributed by atoms with Crippen molar-refractivity contribution in [2.24, 2.45) is 0 Å². The van der Waals surface area contributed by atoms with Crippen LogP contribution in [0.2, 0.25) is 0 Å². The number of rotatable bonds is 1. The van der Waals surface area contributed by atoms with E-state index in [1.165, 1.54) is 0 Å². The van der Waals surface area contributed by atoms with Gasteiger partial charge < -0.3 is 0 Å². The van der Waals surface area contributed by atoms with E-state index in [9.17, 15) is 0 Å². The second-order valence-electron chi connectivity index (χ2n) is 3.99. The van der Waals surface area contributed by atoms with Crippen molar-refractivity contribution in [2.45, 2.75) is 25.2 Å². The van der Waals surface area contributed by atoms with Crippen LogP contribution in [0.5, 0.6) is 0 Å². The van der Waals surface area contributed by atoms with Crippen LogP contribution >= 0.6 is 0 Å². The van der Waals surface area contributed by atoms with Crippen LogP contribution in [0.15, 0.2) is 30.4 Å². The molecule has 0 aliphatic heterocycles. The van der Waals surface area contributed by atoms with Gasteiger partial charge in [-0.05, 0) is 43.0 Å². The lowest BCUT2D eigenvalue weighted by atomic mass is 9.86. The van der Waals surface area contributed by atoms with E-state index in [0.29, 0.717) is 17.0 Å². The van der Waals surface area contributed by atoms with Gasteiger partial charge in [0.1, 0.15) is 0 Å². The molecule has 78 valence electrons. The highest BCUT2D eigenvalue weighted by atomic mass is 14.3. The number of hydrogen-bond donors (Lipinski definition) is 0. The van der Waals surface area contributed by atoms with E-state index in [-0.39, 0.29) is 0 Å². The number of nitrogens with zero attached hydrogens (tertiary/aromatic N) is 2. The molecule has 1 aliphatic carbocycles. The van der Waals surface area contributed by atoms with E-state index >= 15 is 0 Å². The summed E-state index contributed by atoms with van der Waals surface area (Å²) in [6.45, 7) is 0. The number of allylic oxidation sites excluding steroid dienone is 2. The van der Waals surface area contributed by atoms with E-state index in [2.05, 4.69) is 24.3 Å². The van der Waals surface area contributed by atoms with Gasteiger partial charge in [0.05, 0.1) is 23.3 Å². The highest BCUT2D eigenvalue weighted by molar-refractivity contribution is 5.47. The minimum atomic E-state index is 0.302. The van der Waals surface area contributed by atoms with E-state index in [1.54, 1.807) is 12.1 Å². The van der Waals surface area contributed by atoms with Crippen molar-refractivity contribution >= 4 is 0 Å². The second kappa shape index (κ2) is 4.64. The Morgan fingerprint density at radius 2 is 2.06 bits per heavy atom. The fraction of sp³-hybridized carbons (Fsp3) is 0.286. The van der Waals surface area contributed by atoms with Crippen LogP contribution < -0.4 is 0 Å². The quantitative estimate of drug-likeness (QED) is 0.665. The van der Waals surface area contributed by atoms with Crippen LogP contribution in [-0.4, -0.2) is 0 Å². The molecule has 0 saturated heterocycles. The first-order valence-electron chi connectivity index (χ1n) is 5.46. The molecule has 1 aromatic carbocycles. The zero-order chi connectivity index (χ0) is 11.4. The molecule has 1 aliphatic rings. The maximum atomic E-state index is 9.06. The van der Waals surface area contributed by atoms with Crippen molar-refractivity contribution in [1.29, 1.82) is 10.5 Å². The molecular formula is C14H12N2. The molecule has 1 aromatic rings. The lowest BCUT2D eigenvalue weighted by Crippen LogP contribution is -2.02. The lowest BCUT2D eigenvalue weighted by molar-refractivity contribution is 0.653. The first kappa shape index (κ1) is 10.5. The van der Waals surface area contributed by atoms with Crippen molar-refractivity contribution in [1.82, 2.24) is 0 Å². The van der Waals surface area contributed by atoms with Gasteiger partial charge in [-0.2, -0.15) is 10.5 Å². The maximum Gasteiger partial charge on any atom is 0.0994 e. The Morgan fingerprint density at radius 1 is 1.19 bits per heavy atom. The Labute approximate surface area is 95.4 Å². The number of nitriles is 2. The van der Waals surface area contributed by atoms with E-state index in [0.717, 1.165) is 24.8 Å². The molecule has 0 radical (unpaired) electrons. The van der Waals surface area contributed by atoms with Gasteiger partial charge in [0.2, 0.25) is 0 Å². The smallest absolute Gasteiger partial charge is 0.0994 e. The zero-order valence-electron chi connectivity index (χ0n) is 8.98. The summed E-state index contributed by atoms with van der Waals surface area (Å²) < 4.78 is 0. The highest BCUT2D eigenvalue weighted by Crippen LogP contribution is 2.30. The summed E-state index contributed by atoms with van der Waals surface area (Å²) in [6.07, 6.45) is 7.66. The maximum absolute atomic E-state index is 9.06. The van der Waals surface area contributed by atoms with Gasteiger partial charge >= 0.3 is 0 Å². The summed E-state index contributed by atoms with van der Waals surface area (Å²) in [4.78, 5) is 0. The zero-order valence-corrected chi connectivity index (χ0v) is 8.98. The van der Waals surface area contributed by atoms with Crippen LogP contribution in [0.1, 0.15) is 41.9 Å². The molecule has 2 nitrogen and oxygen atoms in total. The molecule has 1 atom stereocenters. The molecule has 0 saturated carbocycles. The summed E-state index contributed by atoms with van der Waals surface area (Å²) in [5, 5.41) is 17.9. The Balaban J connectivity index is 2.45. The molecule has 0 bridgehead atoms. The third-order valence-corrected chi connectivity index (χ3v) is 2.95. The molecule has 1 unspecified atom stereocenters. The van der Waals surface area contributed by atoms with Crippen molar-refractivity contribution < 1.29 is 0 Å². The Hall–Kier alpha value is -2.06. The molecule has 0 fully saturated rings. The van der Waals surface area contributed by atoms with E-state index in [4.69, 9.17) is 10.5 Å². The molecule has 0 heterocycles. The average Bonchev–Trinajstić information content (AvgIpc) is 2.39. The first-order valence-corrected chi connectivity index (χ1v) is 5.46. The van der Waals surface area contributed by atoms with Gasteiger partial charge in [-0.15, -0.1) is 0 Å².